The van der Waals surface area contributed by atoms with E-state index in [0.29, 0.717) is 55.6 Å². The van der Waals surface area contributed by atoms with Crippen molar-refractivity contribution in [3.8, 4) is 5.75 Å². The first-order valence-electron chi connectivity index (χ1n) is 11.2. The Morgan fingerprint density at radius 2 is 2.00 bits per heavy atom. The van der Waals surface area contributed by atoms with Crippen LogP contribution in [0.1, 0.15) is 72.0 Å². The van der Waals surface area contributed by atoms with Crippen molar-refractivity contribution in [2.75, 3.05) is 7.05 Å². The third-order valence-corrected chi connectivity index (χ3v) is 6.26. The minimum absolute atomic E-state index is 0.0696. The number of carbonyl (C=O) groups excluding carboxylic acids is 2. The molecule has 1 unspecified atom stereocenters. The van der Waals surface area contributed by atoms with E-state index in [-0.39, 0.29) is 18.1 Å². The summed E-state index contributed by atoms with van der Waals surface area (Å²) in [6.07, 6.45) is 7.32. The standard InChI is InChI=1S/C24H27FN4O4/c1-28-18-8-5-6-12-29-22(18)27-20(21(31)24(29)33)23(32)26-14-16-10-11-17(25)13-15(16)7-3-2-4-9-19(28)30/h3,7,10-11,13,18,31H,2,4-6,8-9,12,14H2,1H3,(H,26,32)/b7-3+. The number of halogens is 1. The number of nitrogens with zero attached hydrogens (tertiary/aromatic N) is 3. The van der Waals surface area contributed by atoms with Gasteiger partial charge in [0.1, 0.15) is 11.6 Å². The van der Waals surface area contributed by atoms with Crippen LogP contribution in [0.2, 0.25) is 0 Å². The van der Waals surface area contributed by atoms with Gasteiger partial charge in [-0.05, 0) is 55.4 Å². The van der Waals surface area contributed by atoms with E-state index >= 15 is 0 Å². The van der Waals surface area contributed by atoms with Crippen LogP contribution in [0.25, 0.3) is 6.08 Å². The number of nitrogens with one attached hydrogen (secondary N) is 1. The minimum atomic E-state index is -0.716. The Labute approximate surface area is 190 Å². The van der Waals surface area contributed by atoms with E-state index in [4.69, 9.17) is 0 Å². The maximum Gasteiger partial charge on any atom is 0.296 e. The summed E-state index contributed by atoms with van der Waals surface area (Å²) in [6, 6.07) is 3.79. The van der Waals surface area contributed by atoms with Gasteiger partial charge in [0.05, 0.1) is 6.04 Å². The highest BCUT2D eigenvalue weighted by Gasteiger charge is 2.31. The lowest BCUT2D eigenvalue weighted by molar-refractivity contribution is -0.132. The molecular weight excluding hydrogens is 427 g/mol. The van der Waals surface area contributed by atoms with Gasteiger partial charge in [-0.15, -0.1) is 0 Å². The van der Waals surface area contributed by atoms with E-state index in [0.717, 1.165) is 6.42 Å². The van der Waals surface area contributed by atoms with Crippen molar-refractivity contribution in [1.29, 1.82) is 0 Å². The Hall–Kier alpha value is -3.49. The zero-order chi connectivity index (χ0) is 23.5. The Morgan fingerprint density at radius 1 is 1.18 bits per heavy atom. The highest BCUT2D eigenvalue weighted by molar-refractivity contribution is 5.94. The quantitative estimate of drug-likeness (QED) is 0.637. The fourth-order valence-electron chi connectivity index (χ4n) is 4.37. The smallest absolute Gasteiger partial charge is 0.296 e. The molecular formula is C24H27FN4O4. The topological polar surface area (TPSA) is 105 Å². The van der Waals surface area contributed by atoms with Crippen molar-refractivity contribution in [3.05, 3.63) is 63.1 Å². The van der Waals surface area contributed by atoms with Gasteiger partial charge in [0.2, 0.25) is 11.7 Å². The fraction of sp³-hybridized carbons (Fsp3) is 0.417. The van der Waals surface area contributed by atoms with Crippen LogP contribution in [0.3, 0.4) is 0 Å². The van der Waals surface area contributed by atoms with E-state index in [2.05, 4.69) is 10.3 Å². The van der Waals surface area contributed by atoms with Crippen LogP contribution >= 0.6 is 0 Å². The summed E-state index contributed by atoms with van der Waals surface area (Å²) in [5, 5.41) is 13.2. The molecule has 3 heterocycles. The monoisotopic (exact) mass is 454 g/mol. The molecule has 9 heteroatoms. The van der Waals surface area contributed by atoms with Gasteiger partial charge in [-0.1, -0.05) is 18.2 Å². The molecule has 174 valence electrons. The van der Waals surface area contributed by atoms with Gasteiger partial charge in [-0.25, -0.2) is 9.37 Å². The van der Waals surface area contributed by atoms with Gasteiger partial charge in [0, 0.05) is 26.6 Å². The van der Waals surface area contributed by atoms with Crippen LogP contribution in [0.5, 0.6) is 5.75 Å². The number of rotatable bonds is 0. The van der Waals surface area contributed by atoms with Crippen molar-refractivity contribution < 1.29 is 19.1 Å². The normalized spacial score (nSPS) is 20.5. The second kappa shape index (κ2) is 9.56. The molecule has 2 amide bonds. The maximum atomic E-state index is 13.8. The highest BCUT2D eigenvalue weighted by Crippen LogP contribution is 2.29. The largest absolute Gasteiger partial charge is 0.501 e. The molecule has 0 fully saturated rings. The summed E-state index contributed by atoms with van der Waals surface area (Å²) in [7, 11) is 1.68. The average Bonchev–Trinajstić information content (AvgIpc) is 3.01. The fourth-order valence-corrected chi connectivity index (χ4v) is 4.37. The molecule has 1 atom stereocenters. The number of amides is 2. The lowest BCUT2D eigenvalue weighted by Gasteiger charge is -2.28. The zero-order valence-corrected chi connectivity index (χ0v) is 18.5. The number of aromatic nitrogens is 2. The van der Waals surface area contributed by atoms with Gasteiger partial charge in [-0.2, -0.15) is 0 Å². The first-order valence-corrected chi connectivity index (χ1v) is 11.2. The van der Waals surface area contributed by atoms with Crippen LogP contribution in [-0.4, -0.2) is 38.4 Å². The number of allylic oxidation sites excluding steroid dienone is 1. The van der Waals surface area contributed by atoms with Crippen LogP contribution in [-0.2, 0) is 17.9 Å². The summed E-state index contributed by atoms with van der Waals surface area (Å²) in [5.74, 6) is -1.61. The summed E-state index contributed by atoms with van der Waals surface area (Å²) >= 11 is 0. The third kappa shape index (κ3) is 4.67. The Morgan fingerprint density at radius 3 is 2.82 bits per heavy atom. The molecule has 2 aliphatic rings. The predicted octanol–water partition coefficient (Wildman–Crippen LogP) is 2.90. The van der Waals surface area contributed by atoms with Gasteiger partial charge in [0.15, 0.2) is 5.69 Å². The number of fused-ring (bicyclic) bond motifs is 2. The van der Waals surface area contributed by atoms with Crippen molar-refractivity contribution >= 4 is 17.9 Å². The highest BCUT2D eigenvalue weighted by atomic mass is 19.1. The van der Waals surface area contributed by atoms with Crippen molar-refractivity contribution in [2.24, 2.45) is 0 Å². The maximum absolute atomic E-state index is 13.8. The Bertz CT molecular complexity index is 1170. The molecule has 1 aromatic heterocycles. The van der Waals surface area contributed by atoms with Gasteiger partial charge < -0.3 is 15.3 Å². The molecule has 2 N–H and O–H groups in total. The molecule has 2 aliphatic heterocycles. The first-order chi connectivity index (χ1) is 15.9. The number of hydrogen-bond donors (Lipinski definition) is 2. The number of carbonyl (C=O) groups is 2. The SMILES string of the molecule is CN1C(=O)CCC/C=C/c2cc(F)ccc2CNC(=O)c2nc3n(c(=O)c2O)CCCCC31. The second-order valence-electron chi connectivity index (χ2n) is 8.46. The molecule has 33 heavy (non-hydrogen) atoms. The summed E-state index contributed by atoms with van der Waals surface area (Å²) in [4.78, 5) is 44.7. The molecule has 1 aromatic carbocycles. The molecule has 8 nitrogen and oxygen atoms in total. The third-order valence-electron chi connectivity index (χ3n) is 6.26. The molecule has 0 saturated heterocycles. The molecule has 0 spiro atoms. The Kier molecular flexibility index (Phi) is 6.57. The zero-order valence-electron chi connectivity index (χ0n) is 18.5. The van der Waals surface area contributed by atoms with E-state index < -0.39 is 29.1 Å². The second-order valence-corrected chi connectivity index (χ2v) is 8.46. The number of hydrogen-bond acceptors (Lipinski definition) is 5. The van der Waals surface area contributed by atoms with Gasteiger partial charge in [0.25, 0.3) is 11.5 Å². The number of benzene rings is 1. The lowest BCUT2D eigenvalue weighted by atomic mass is 10.0. The number of aromatic hydroxyl groups is 1. The molecule has 2 bridgehead atoms. The van der Waals surface area contributed by atoms with E-state index in [1.807, 2.05) is 6.08 Å². The van der Waals surface area contributed by atoms with E-state index in [1.165, 1.54) is 16.7 Å². The van der Waals surface area contributed by atoms with Crippen LogP contribution in [0.4, 0.5) is 4.39 Å². The molecule has 4 rings (SSSR count). The van der Waals surface area contributed by atoms with Crippen LogP contribution < -0.4 is 10.9 Å². The predicted molar refractivity (Wildman–Crippen MR) is 120 cm³/mol. The van der Waals surface area contributed by atoms with Crippen molar-refractivity contribution in [3.63, 3.8) is 0 Å². The molecule has 0 saturated carbocycles. The summed E-state index contributed by atoms with van der Waals surface area (Å²) in [5.41, 5.74) is 0.215. The molecule has 0 radical (unpaired) electrons. The molecule has 2 aromatic rings. The summed E-state index contributed by atoms with van der Waals surface area (Å²) in [6.45, 7) is 0.430. The molecule has 0 aliphatic carbocycles. The van der Waals surface area contributed by atoms with E-state index in [1.54, 1.807) is 24.1 Å². The van der Waals surface area contributed by atoms with Crippen LogP contribution in [0.15, 0.2) is 29.1 Å². The Balaban J connectivity index is 1.79. The van der Waals surface area contributed by atoms with Gasteiger partial charge >= 0.3 is 0 Å². The van der Waals surface area contributed by atoms with E-state index in [9.17, 15) is 23.9 Å². The van der Waals surface area contributed by atoms with Crippen molar-refractivity contribution in [1.82, 2.24) is 19.8 Å². The minimum Gasteiger partial charge on any atom is -0.501 e. The van der Waals surface area contributed by atoms with Crippen molar-refractivity contribution in [2.45, 2.75) is 57.7 Å². The average molecular weight is 455 g/mol. The van der Waals surface area contributed by atoms with Gasteiger partial charge in [-0.3, -0.25) is 19.0 Å². The van der Waals surface area contributed by atoms with Crippen LogP contribution in [0, 0.1) is 5.82 Å². The lowest BCUT2D eigenvalue weighted by Crippen LogP contribution is -2.37. The summed E-state index contributed by atoms with van der Waals surface area (Å²) < 4.78 is 15.2. The first kappa shape index (κ1) is 22.7.